The van der Waals surface area contributed by atoms with Crippen LogP contribution >= 0.6 is 0 Å². The van der Waals surface area contributed by atoms with Gasteiger partial charge in [-0.2, -0.15) is 0 Å². The molecular formula is C51H80O18. The van der Waals surface area contributed by atoms with Gasteiger partial charge < -0.3 is 78.0 Å². The number of esters is 2. The van der Waals surface area contributed by atoms with Crippen molar-refractivity contribution in [3.63, 3.8) is 0 Å². The molecule has 0 aromatic heterocycles. The van der Waals surface area contributed by atoms with Gasteiger partial charge in [-0.25, -0.2) is 0 Å². The van der Waals surface area contributed by atoms with Crippen molar-refractivity contribution >= 4 is 11.9 Å². The van der Waals surface area contributed by atoms with Crippen LogP contribution in [-0.4, -0.2) is 165 Å². The molecular weight excluding hydrogens is 901 g/mol. The molecule has 4 aliphatic carbocycles. The molecule has 392 valence electrons. The van der Waals surface area contributed by atoms with Gasteiger partial charge in [0.25, 0.3) is 0 Å². The van der Waals surface area contributed by atoms with E-state index in [-0.39, 0.29) is 58.2 Å². The minimum absolute atomic E-state index is 0.0820. The molecule has 9 rings (SSSR count). The number of carbonyl (C=O) groups excluding carboxylic acids is 2. The van der Waals surface area contributed by atoms with Crippen molar-refractivity contribution in [2.75, 3.05) is 13.2 Å². The fourth-order valence-corrected chi connectivity index (χ4v) is 16.4. The second-order valence-corrected chi connectivity index (χ2v) is 24.1. The van der Waals surface area contributed by atoms with Crippen molar-refractivity contribution in [1.29, 1.82) is 0 Å². The Labute approximate surface area is 405 Å². The van der Waals surface area contributed by atoms with Gasteiger partial charge in [-0.3, -0.25) is 9.59 Å². The van der Waals surface area contributed by atoms with Crippen molar-refractivity contribution in [3.8, 4) is 0 Å². The van der Waals surface area contributed by atoms with Gasteiger partial charge in [0, 0.05) is 38.0 Å². The summed E-state index contributed by atoms with van der Waals surface area (Å²) >= 11 is 0. The maximum absolute atomic E-state index is 12.6. The molecule has 5 heterocycles. The highest BCUT2D eigenvalue weighted by Crippen LogP contribution is 2.80. The number of allylic oxidation sites excluding steroid dienone is 1. The Bertz CT molecular complexity index is 1960. The van der Waals surface area contributed by atoms with E-state index in [9.17, 15) is 40.2 Å². The number of hydrogen-bond donors (Lipinski definition) is 6. The lowest BCUT2D eigenvalue weighted by Crippen LogP contribution is -2.69. The Kier molecular flexibility index (Phi) is 13.7. The van der Waals surface area contributed by atoms with Crippen LogP contribution in [-0.2, 0) is 57.0 Å². The highest BCUT2D eigenvalue weighted by atomic mass is 16.8. The van der Waals surface area contributed by atoms with Gasteiger partial charge in [0.1, 0.15) is 42.7 Å². The number of aliphatic hydroxyl groups is 6. The first-order valence-corrected chi connectivity index (χ1v) is 25.5. The molecule has 18 nitrogen and oxygen atoms in total. The van der Waals surface area contributed by atoms with Crippen molar-refractivity contribution in [3.05, 3.63) is 11.6 Å². The number of carbonyl (C=O) groups is 2. The van der Waals surface area contributed by atoms with Gasteiger partial charge in [0.15, 0.2) is 36.9 Å². The van der Waals surface area contributed by atoms with E-state index in [2.05, 4.69) is 40.7 Å². The molecule has 69 heavy (non-hydrogen) atoms. The van der Waals surface area contributed by atoms with E-state index in [1.54, 1.807) is 6.92 Å². The Morgan fingerprint density at radius 3 is 2.01 bits per heavy atom. The third kappa shape index (κ3) is 8.29. The maximum atomic E-state index is 12.6. The molecule has 5 aliphatic heterocycles. The molecule has 6 N–H and O–H groups in total. The predicted molar refractivity (Wildman–Crippen MR) is 241 cm³/mol. The summed E-state index contributed by atoms with van der Waals surface area (Å²) in [6.45, 7) is 21.8. The topological polar surface area (TPSA) is 248 Å². The first-order valence-electron chi connectivity index (χ1n) is 25.5. The van der Waals surface area contributed by atoms with Crippen LogP contribution in [0.2, 0.25) is 0 Å². The Morgan fingerprint density at radius 2 is 1.33 bits per heavy atom. The third-order valence-corrected chi connectivity index (χ3v) is 19.3. The zero-order chi connectivity index (χ0) is 50.1. The smallest absolute Gasteiger partial charge is 0.303 e. The molecule has 9 aliphatic rings. The van der Waals surface area contributed by atoms with Crippen LogP contribution in [0.4, 0.5) is 0 Å². The van der Waals surface area contributed by atoms with Crippen LogP contribution in [0.25, 0.3) is 0 Å². The minimum atomic E-state index is -1.57. The van der Waals surface area contributed by atoms with E-state index >= 15 is 0 Å². The van der Waals surface area contributed by atoms with Gasteiger partial charge >= 0.3 is 11.9 Å². The second kappa shape index (κ2) is 18.2. The van der Waals surface area contributed by atoms with E-state index in [0.29, 0.717) is 31.8 Å². The fourth-order valence-electron chi connectivity index (χ4n) is 16.4. The summed E-state index contributed by atoms with van der Waals surface area (Å²) in [5, 5.41) is 64.8. The third-order valence-electron chi connectivity index (χ3n) is 19.3. The highest BCUT2D eigenvalue weighted by Gasteiger charge is 2.81. The van der Waals surface area contributed by atoms with Gasteiger partial charge in [0.05, 0.1) is 43.2 Å². The molecule has 4 saturated carbocycles. The van der Waals surface area contributed by atoms with Gasteiger partial charge in [-0.15, -0.1) is 0 Å². The number of fused-ring (bicyclic) bond motifs is 4. The molecule has 0 radical (unpaired) electrons. The molecule has 0 aromatic rings. The predicted octanol–water partition coefficient (Wildman–Crippen LogP) is 3.16. The lowest BCUT2D eigenvalue weighted by Gasteiger charge is -2.70. The van der Waals surface area contributed by atoms with Gasteiger partial charge in [0.2, 0.25) is 0 Å². The standard InChI is InChI=1S/C51H80O18/c1-23(2)18-28-19-49(11,69-45-41(65-27(6)53)40(64-26(5)52)35(55)25(4)63-45)42-29-12-13-32-47(9)16-15-33(46(7,8)31(47)14-17-48(32,10)50(29)21-51(42,68-28)61-22-50)67-43-38(58)36(56)30(20-60-43)66-44-39(59)37(57)34(54)24(3)62-44/h18,24-25,28-45,54-59H,12-17,19-22H2,1-11H3. The summed E-state index contributed by atoms with van der Waals surface area (Å²) in [6.07, 6.45) is -9.40. The highest BCUT2D eigenvalue weighted by molar-refractivity contribution is 5.67. The summed E-state index contributed by atoms with van der Waals surface area (Å²) in [6, 6.07) is 0. The average molecular weight is 981 g/mol. The van der Waals surface area contributed by atoms with Crippen molar-refractivity contribution in [2.24, 2.45) is 45.3 Å². The second-order valence-electron chi connectivity index (χ2n) is 24.1. The van der Waals surface area contributed by atoms with Gasteiger partial charge in [-0.1, -0.05) is 39.3 Å². The van der Waals surface area contributed by atoms with Crippen molar-refractivity contribution in [2.45, 2.75) is 237 Å². The Morgan fingerprint density at radius 1 is 0.681 bits per heavy atom. The number of aliphatic hydroxyl groups excluding tert-OH is 6. The van der Waals surface area contributed by atoms with E-state index in [4.69, 9.17) is 47.4 Å². The van der Waals surface area contributed by atoms with Crippen LogP contribution in [0.3, 0.4) is 0 Å². The zero-order valence-corrected chi connectivity index (χ0v) is 42.3. The summed E-state index contributed by atoms with van der Waals surface area (Å²) in [7, 11) is 0. The van der Waals surface area contributed by atoms with E-state index < -0.39 is 109 Å². The van der Waals surface area contributed by atoms with Crippen molar-refractivity contribution in [1.82, 2.24) is 0 Å². The molecule has 2 bridgehead atoms. The Balaban J connectivity index is 0.945. The van der Waals surface area contributed by atoms with Crippen LogP contribution in [0.5, 0.6) is 0 Å². The average Bonchev–Trinajstić information content (AvgIpc) is 3.78. The first kappa shape index (κ1) is 52.0. The van der Waals surface area contributed by atoms with E-state index in [1.807, 2.05) is 13.8 Å². The molecule has 9 fully saturated rings. The molecule has 25 atom stereocenters. The first-order chi connectivity index (χ1) is 32.2. The summed E-state index contributed by atoms with van der Waals surface area (Å²) < 4.78 is 63.5. The molecule has 5 saturated heterocycles. The monoisotopic (exact) mass is 981 g/mol. The van der Waals surface area contributed by atoms with Crippen LogP contribution < -0.4 is 0 Å². The molecule has 25 unspecified atom stereocenters. The lowest BCUT2D eigenvalue weighted by atomic mass is 9.35. The summed E-state index contributed by atoms with van der Waals surface area (Å²) in [5.74, 6) is -1.72. The van der Waals surface area contributed by atoms with Crippen LogP contribution in [0, 0.1) is 45.3 Å². The largest absolute Gasteiger partial charge is 0.455 e. The normalized spacial score (nSPS) is 54.3. The zero-order valence-electron chi connectivity index (χ0n) is 42.3. The molecule has 2 spiro atoms. The van der Waals surface area contributed by atoms with Crippen LogP contribution in [0.15, 0.2) is 11.6 Å². The molecule has 18 heteroatoms. The number of rotatable bonds is 9. The molecule has 0 amide bonds. The quantitative estimate of drug-likeness (QED) is 0.110. The van der Waals surface area contributed by atoms with Crippen molar-refractivity contribution < 1.29 is 87.6 Å². The summed E-state index contributed by atoms with van der Waals surface area (Å²) in [5.41, 5.74) is -0.688. The number of hydrogen-bond acceptors (Lipinski definition) is 18. The number of ether oxygens (including phenoxy) is 10. The SMILES string of the molecule is CC(=O)OC1C(OC2(C)CC(C=C(C)C)OC34CC5(CO3)C(CCC3C6(C)CCC(OC7OCC(OC8OC(C)C(O)C(O)C8O)C(O)C7O)C(C)(C)C6CCC35C)C24)OC(C)C(O)C1OC(C)=O. The molecule has 0 aromatic carbocycles. The fraction of sp³-hybridized carbons (Fsp3) is 0.922. The van der Waals surface area contributed by atoms with Crippen LogP contribution in [0.1, 0.15) is 128 Å². The maximum Gasteiger partial charge on any atom is 0.303 e. The van der Waals surface area contributed by atoms with E-state index in [1.165, 1.54) is 20.8 Å². The lowest BCUT2D eigenvalue weighted by molar-refractivity contribution is -0.384. The van der Waals surface area contributed by atoms with Gasteiger partial charge in [-0.05, 0) is 107 Å². The summed E-state index contributed by atoms with van der Waals surface area (Å²) in [4.78, 5) is 24.9. The Hall–Kier alpha value is -1.88. The minimum Gasteiger partial charge on any atom is -0.455 e. The van der Waals surface area contributed by atoms with E-state index in [0.717, 1.165) is 37.7 Å².